The summed E-state index contributed by atoms with van der Waals surface area (Å²) in [6.45, 7) is 2.93. The number of ether oxygens (including phenoxy) is 2. The molecule has 1 aromatic rings. The van der Waals surface area contributed by atoms with Crippen LogP contribution in [0.25, 0.3) is 0 Å². The molecule has 0 radical (unpaired) electrons. The van der Waals surface area contributed by atoms with Crippen molar-refractivity contribution >= 4 is 29.1 Å². The number of hydrogen-bond donors (Lipinski definition) is 0. The van der Waals surface area contributed by atoms with Gasteiger partial charge in [0, 0.05) is 11.6 Å². The van der Waals surface area contributed by atoms with Crippen molar-refractivity contribution in [2.24, 2.45) is 0 Å². The van der Waals surface area contributed by atoms with Crippen LogP contribution in [0.5, 0.6) is 5.75 Å². The molecule has 4 nitrogen and oxygen atoms in total. The molecular weight excluding hydrogens is 277 g/mol. The fourth-order valence-electron chi connectivity index (χ4n) is 1.74. The molecule has 1 amide bonds. The Bertz CT molecular complexity index is 453. The smallest absolute Gasteiger partial charge is 0.262 e. The molecule has 6 heteroatoms. The molecule has 0 N–H and O–H groups in total. The maximum atomic E-state index is 11.9. The van der Waals surface area contributed by atoms with E-state index in [1.807, 2.05) is 6.92 Å². The zero-order chi connectivity index (χ0) is 13.1. The van der Waals surface area contributed by atoms with Gasteiger partial charge in [-0.3, -0.25) is 4.79 Å². The lowest BCUT2D eigenvalue weighted by molar-refractivity contribution is -0.137. The van der Waals surface area contributed by atoms with Gasteiger partial charge < -0.3 is 14.4 Å². The van der Waals surface area contributed by atoms with Gasteiger partial charge in [0.05, 0.1) is 11.6 Å². The first-order valence-corrected chi connectivity index (χ1v) is 6.32. The van der Waals surface area contributed by atoms with Crippen LogP contribution in [-0.4, -0.2) is 36.8 Å². The highest BCUT2D eigenvalue weighted by Gasteiger charge is 2.26. The quantitative estimate of drug-likeness (QED) is 0.859. The van der Waals surface area contributed by atoms with Crippen LogP contribution in [0.15, 0.2) is 18.2 Å². The van der Waals surface area contributed by atoms with Crippen molar-refractivity contribution in [1.82, 2.24) is 4.90 Å². The van der Waals surface area contributed by atoms with Gasteiger partial charge in [0.2, 0.25) is 0 Å². The zero-order valence-electron chi connectivity index (χ0n) is 9.86. The van der Waals surface area contributed by atoms with Crippen LogP contribution in [0.3, 0.4) is 0 Å². The molecule has 1 unspecified atom stereocenters. The van der Waals surface area contributed by atoms with Crippen LogP contribution in [0.2, 0.25) is 10.0 Å². The Kier molecular flexibility index (Phi) is 4.32. The van der Waals surface area contributed by atoms with Gasteiger partial charge in [-0.2, -0.15) is 0 Å². The fourth-order valence-corrected chi connectivity index (χ4v) is 2.20. The van der Waals surface area contributed by atoms with E-state index < -0.39 is 0 Å². The molecule has 1 saturated heterocycles. The monoisotopic (exact) mass is 289 g/mol. The molecule has 1 aliphatic rings. The third kappa shape index (κ3) is 3.07. The second-order valence-electron chi connectivity index (χ2n) is 3.92. The molecule has 1 atom stereocenters. The topological polar surface area (TPSA) is 38.8 Å². The fraction of sp³-hybridized carbons (Fsp3) is 0.417. The van der Waals surface area contributed by atoms with E-state index in [0.717, 1.165) is 0 Å². The van der Waals surface area contributed by atoms with Crippen LogP contribution < -0.4 is 4.74 Å². The van der Waals surface area contributed by atoms with Crippen LogP contribution >= 0.6 is 23.2 Å². The van der Waals surface area contributed by atoms with Gasteiger partial charge in [0.15, 0.2) is 6.61 Å². The summed E-state index contributed by atoms with van der Waals surface area (Å²) in [5, 5.41) is 0.918. The van der Waals surface area contributed by atoms with Gasteiger partial charge >= 0.3 is 0 Å². The number of hydrogen-bond acceptors (Lipinski definition) is 3. The Morgan fingerprint density at radius 1 is 1.56 bits per heavy atom. The Labute approximate surface area is 115 Å². The summed E-state index contributed by atoms with van der Waals surface area (Å²) in [5.41, 5.74) is 0. The van der Waals surface area contributed by atoms with Crippen LogP contribution in [-0.2, 0) is 9.53 Å². The van der Waals surface area contributed by atoms with Gasteiger partial charge in [-0.05, 0) is 25.1 Å². The summed E-state index contributed by atoms with van der Waals surface area (Å²) in [5.74, 6) is 0.327. The van der Waals surface area contributed by atoms with E-state index in [-0.39, 0.29) is 18.7 Å². The summed E-state index contributed by atoms with van der Waals surface area (Å²) in [6, 6.07) is 4.88. The number of rotatable bonds is 3. The first kappa shape index (κ1) is 13.5. The second kappa shape index (κ2) is 5.78. The Balaban J connectivity index is 1.93. The van der Waals surface area contributed by atoms with E-state index >= 15 is 0 Å². The van der Waals surface area contributed by atoms with Crippen LogP contribution in [0.4, 0.5) is 0 Å². The number of amides is 1. The molecule has 98 valence electrons. The maximum absolute atomic E-state index is 11.9. The molecule has 0 aliphatic carbocycles. The van der Waals surface area contributed by atoms with Crippen LogP contribution in [0.1, 0.15) is 6.92 Å². The summed E-state index contributed by atoms with van der Waals surface area (Å²) < 4.78 is 10.7. The van der Waals surface area contributed by atoms with Gasteiger partial charge in [0.25, 0.3) is 5.91 Å². The van der Waals surface area contributed by atoms with E-state index in [0.29, 0.717) is 28.9 Å². The van der Waals surface area contributed by atoms with Crippen molar-refractivity contribution in [2.45, 2.75) is 13.2 Å². The van der Waals surface area contributed by atoms with E-state index in [2.05, 4.69) is 0 Å². The van der Waals surface area contributed by atoms with Crippen molar-refractivity contribution in [2.75, 3.05) is 19.8 Å². The summed E-state index contributed by atoms with van der Waals surface area (Å²) >= 11 is 11.7. The summed E-state index contributed by atoms with van der Waals surface area (Å²) in [7, 11) is 0. The van der Waals surface area contributed by atoms with Crippen molar-refractivity contribution in [3.8, 4) is 5.75 Å². The molecule has 0 aromatic heterocycles. The highest BCUT2D eigenvalue weighted by Crippen LogP contribution is 2.27. The van der Waals surface area contributed by atoms with Crippen molar-refractivity contribution in [3.63, 3.8) is 0 Å². The minimum atomic E-state index is -0.193. The highest BCUT2D eigenvalue weighted by atomic mass is 35.5. The number of halogens is 2. The average molecular weight is 290 g/mol. The first-order chi connectivity index (χ1) is 8.58. The van der Waals surface area contributed by atoms with E-state index in [1.54, 1.807) is 23.1 Å². The summed E-state index contributed by atoms with van der Waals surface area (Å²) in [4.78, 5) is 13.5. The normalized spacial score (nSPS) is 19.1. The summed E-state index contributed by atoms with van der Waals surface area (Å²) in [6.07, 6.45) is -0.193. The minimum Gasteiger partial charge on any atom is -0.482 e. The van der Waals surface area contributed by atoms with E-state index in [9.17, 15) is 4.79 Å². The van der Waals surface area contributed by atoms with E-state index in [4.69, 9.17) is 32.7 Å². The Hall–Kier alpha value is -0.970. The predicted octanol–water partition coefficient (Wildman–Crippen LogP) is 2.58. The third-order valence-electron chi connectivity index (χ3n) is 2.70. The molecule has 1 fully saturated rings. The van der Waals surface area contributed by atoms with Crippen molar-refractivity contribution in [3.05, 3.63) is 28.2 Å². The molecular formula is C12H13Cl2NO3. The van der Waals surface area contributed by atoms with Gasteiger partial charge in [-0.25, -0.2) is 0 Å². The molecule has 0 spiro atoms. The first-order valence-electron chi connectivity index (χ1n) is 5.57. The standard InChI is InChI=1S/C12H13Cl2NO3/c1-8-15(4-5-17-8)12(16)7-18-11-3-2-9(13)6-10(11)14/h2-3,6,8H,4-5,7H2,1H3. The lowest BCUT2D eigenvalue weighted by Crippen LogP contribution is -2.37. The minimum absolute atomic E-state index is 0.0605. The molecule has 2 rings (SSSR count). The highest BCUT2D eigenvalue weighted by molar-refractivity contribution is 6.35. The predicted molar refractivity (Wildman–Crippen MR) is 69.1 cm³/mol. The van der Waals surface area contributed by atoms with Gasteiger partial charge in [-0.1, -0.05) is 23.2 Å². The molecule has 0 bridgehead atoms. The molecule has 0 saturated carbocycles. The number of nitrogens with zero attached hydrogens (tertiary/aromatic N) is 1. The number of benzene rings is 1. The molecule has 18 heavy (non-hydrogen) atoms. The second-order valence-corrected chi connectivity index (χ2v) is 4.76. The Morgan fingerprint density at radius 2 is 2.33 bits per heavy atom. The van der Waals surface area contributed by atoms with Crippen molar-refractivity contribution < 1.29 is 14.3 Å². The SMILES string of the molecule is CC1OCCN1C(=O)COc1ccc(Cl)cc1Cl. The van der Waals surface area contributed by atoms with E-state index in [1.165, 1.54) is 0 Å². The lowest BCUT2D eigenvalue weighted by atomic mass is 10.3. The molecule has 1 aliphatic heterocycles. The van der Waals surface area contributed by atoms with Gasteiger partial charge in [0.1, 0.15) is 12.0 Å². The van der Waals surface area contributed by atoms with Crippen molar-refractivity contribution in [1.29, 1.82) is 0 Å². The molecule has 1 heterocycles. The number of carbonyl (C=O) groups is 1. The third-order valence-corrected chi connectivity index (χ3v) is 3.23. The largest absolute Gasteiger partial charge is 0.482 e. The molecule has 1 aromatic carbocycles. The average Bonchev–Trinajstić information content (AvgIpc) is 2.74. The maximum Gasteiger partial charge on any atom is 0.262 e. The lowest BCUT2D eigenvalue weighted by Gasteiger charge is -2.19. The zero-order valence-corrected chi connectivity index (χ0v) is 11.4. The Morgan fingerprint density at radius 3 is 2.94 bits per heavy atom. The van der Waals surface area contributed by atoms with Crippen LogP contribution in [0, 0.1) is 0 Å². The number of carbonyl (C=O) groups excluding carboxylic acids is 1. The van der Waals surface area contributed by atoms with Gasteiger partial charge in [-0.15, -0.1) is 0 Å².